The van der Waals surface area contributed by atoms with Crippen molar-refractivity contribution in [3.8, 4) is 5.75 Å². The van der Waals surface area contributed by atoms with E-state index in [2.05, 4.69) is 5.32 Å². The van der Waals surface area contributed by atoms with Crippen LogP contribution in [0.4, 0.5) is 5.69 Å². The Labute approximate surface area is 192 Å². The van der Waals surface area contributed by atoms with Gasteiger partial charge in [-0.3, -0.25) is 9.59 Å². The van der Waals surface area contributed by atoms with Gasteiger partial charge in [0.25, 0.3) is 5.91 Å². The molecule has 4 rings (SSSR count). The van der Waals surface area contributed by atoms with E-state index in [9.17, 15) is 18.0 Å². The molecule has 0 spiro atoms. The normalized spacial score (nSPS) is 20.7. The number of benzene rings is 2. The summed E-state index contributed by atoms with van der Waals surface area (Å²) in [4.78, 5) is 26.8. The van der Waals surface area contributed by atoms with Crippen LogP contribution in [0.5, 0.6) is 5.75 Å². The molecule has 0 aromatic heterocycles. The number of halogens is 1. The first-order chi connectivity index (χ1) is 15.3. The van der Waals surface area contributed by atoms with Crippen molar-refractivity contribution in [2.75, 3.05) is 25.1 Å². The van der Waals surface area contributed by atoms with Crippen LogP contribution in [0.1, 0.15) is 19.3 Å². The maximum Gasteiger partial charge on any atom is 0.251 e. The molecule has 1 atom stereocenters. The van der Waals surface area contributed by atoms with E-state index in [-0.39, 0.29) is 29.2 Å². The van der Waals surface area contributed by atoms with E-state index in [4.69, 9.17) is 16.3 Å². The molecule has 0 radical (unpaired) electrons. The molecule has 0 bridgehead atoms. The molecule has 2 fully saturated rings. The molecule has 2 heterocycles. The van der Waals surface area contributed by atoms with Crippen molar-refractivity contribution < 1.29 is 22.7 Å². The first-order valence-corrected chi connectivity index (χ1v) is 12.1. The van der Waals surface area contributed by atoms with Gasteiger partial charge in [-0.15, -0.1) is 0 Å². The zero-order chi connectivity index (χ0) is 22.9. The van der Waals surface area contributed by atoms with Gasteiger partial charge in [0.05, 0.1) is 30.2 Å². The molecule has 0 saturated carbocycles. The summed E-state index contributed by atoms with van der Waals surface area (Å²) in [5.41, 5.74) is 0.508. The Morgan fingerprint density at radius 1 is 1.00 bits per heavy atom. The summed E-state index contributed by atoms with van der Waals surface area (Å²) in [5.74, 6) is 0.0830. The zero-order valence-corrected chi connectivity index (χ0v) is 19.1. The number of rotatable bonds is 6. The van der Waals surface area contributed by atoms with Crippen molar-refractivity contribution in [2.45, 2.75) is 36.2 Å². The fourth-order valence-corrected chi connectivity index (χ4v) is 5.66. The van der Waals surface area contributed by atoms with Gasteiger partial charge in [-0.2, -0.15) is 4.31 Å². The van der Waals surface area contributed by atoms with Gasteiger partial charge in [0.15, 0.2) is 0 Å². The van der Waals surface area contributed by atoms with Crippen LogP contribution in [0.25, 0.3) is 0 Å². The Morgan fingerprint density at radius 3 is 2.22 bits per heavy atom. The van der Waals surface area contributed by atoms with Crippen LogP contribution in [-0.4, -0.2) is 56.8 Å². The average molecular weight is 478 g/mol. The summed E-state index contributed by atoms with van der Waals surface area (Å²) in [5, 5.41) is 3.74. The van der Waals surface area contributed by atoms with E-state index in [1.165, 1.54) is 21.3 Å². The number of ether oxygens (including phenoxy) is 1. The highest BCUT2D eigenvalue weighted by atomic mass is 35.5. The summed E-state index contributed by atoms with van der Waals surface area (Å²) < 4.78 is 32.2. The number of piperidine rings is 1. The average Bonchev–Trinajstić information content (AvgIpc) is 3.07. The number of sulfonamides is 1. The second-order valence-electron chi connectivity index (χ2n) is 7.82. The molecule has 2 aromatic carbocycles. The van der Waals surface area contributed by atoms with E-state index in [1.807, 2.05) is 0 Å². The Morgan fingerprint density at radius 2 is 1.62 bits per heavy atom. The van der Waals surface area contributed by atoms with Crippen molar-refractivity contribution in [3.63, 3.8) is 0 Å². The zero-order valence-electron chi connectivity index (χ0n) is 17.5. The second kappa shape index (κ2) is 9.19. The third-order valence-electron chi connectivity index (χ3n) is 5.82. The van der Waals surface area contributed by atoms with Gasteiger partial charge < -0.3 is 10.1 Å². The molecular formula is C22H24ClN3O5S. The standard InChI is InChI=1S/C22H24ClN3O5S/c1-31-18-6-4-17(5-7-18)26-21(27)14-20(22(26)28)24-16-10-12-25(13-11-16)32(29,30)19-8-2-15(23)3-9-19/h2-9,16,20,24H,10-14H2,1H3. The molecule has 1 N–H and O–H groups in total. The van der Waals surface area contributed by atoms with Crippen LogP contribution >= 0.6 is 11.6 Å². The van der Waals surface area contributed by atoms with Gasteiger partial charge in [0, 0.05) is 24.2 Å². The molecule has 2 aliphatic heterocycles. The van der Waals surface area contributed by atoms with E-state index < -0.39 is 16.1 Å². The number of anilines is 1. The molecule has 8 nitrogen and oxygen atoms in total. The predicted molar refractivity (Wildman–Crippen MR) is 120 cm³/mol. The van der Waals surface area contributed by atoms with Gasteiger partial charge in [-0.25, -0.2) is 13.3 Å². The minimum Gasteiger partial charge on any atom is -0.497 e. The summed E-state index contributed by atoms with van der Waals surface area (Å²) in [6.45, 7) is 0.666. The van der Waals surface area contributed by atoms with Gasteiger partial charge in [-0.1, -0.05) is 11.6 Å². The Kier molecular flexibility index (Phi) is 6.52. The smallest absolute Gasteiger partial charge is 0.251 e. The molecule has 0 aliphatic carbocycles. The number of imide groups is 1. The molecule has 2 saturated heterocycles. The summed E-state index contributed by atoms with van der Waals surface area (Å²) in [6, 6.07) is 12.2. The SMILES string of the molecule is COc1ccc(N2C(=O)CC(NC3CCN(S(=O)(=O)c4ccc(Cl)cc4)CC3)C2=O)cc1. The number of carbonyl (C=O) groups is 2. The lowest BCUT2D eigenvalue weighted by Gasteiger charge is -2.32. The van der Waals surface area contributed by atoms with E-state index >= 15 is 0 Å². The number of amides is 2. The summed E-state index contributed by atoms with van der Waals surface area (Å²) in [7, 11) is -2.04. The summed E-state index contributed by atoms with van der Waals surface area (Å²) >= 11 is 5.86. The van der Waals surface area contributed by atoms with Crippen LogP contribution in [-0.2, 0) is 19.6 Å². The number of hydrogen-bond acceptors (Lipinski definition) is 6. The van der Waals surface area contributed by atoms with Crippen molar-refractivity contribution in [3.05, 3.63) is 53.6 Å². The Bertz CT molecular complexity index is 1100. The molecule has 2 aliphatic rings. The summed E-state index contributed by atoms with van der Waals surface area (Å²) in [6.07, 6.45) is 1.18. The van der Waals surface area contributed by atoms with Crippen molar-refractivity contribution in [2.24, 2.45) is 0 Å². The quantitative estimate of drug-likeness (QED) is 0.642. The van der Waals surface area contributed by atoms with Crippen LogP contribution in [0.3, 0.4) is 0 Å². The molecule has 2 aromatic rings. The minimum absolute atomic E-state index is 0.0516. The first-order valence-electron chi connectivity index (χ1n) is 10.3. The van der Waals surface area contributed by atoms with Gasteiger partial charge in [0.2, 0.25) is 15.9 Å². The maximum absolute atomic E-state index is 12.9. The van der Waals surface area contributed by atoms with Gasteiger partial charge in [0.1, 0.15) is 5.75 Å². The van der Waals surface area contributed by atoms with Crippen molar-refractivity contribution >= 4 is 39.1 Å². The molecular weight excluding hydrogens is 454 g/mol. The molecule has 2 amide bonds. The number of carbonyl (C=O) groups excluding carboxylic acids is 2. The highest BCUT2D eigenvalue weighted by Gasteiger charge is 2.41. The van der Waals surface area contributed by atoms with E-state index in [1.54, 1.807) is 43.5 Å². The second-order valence-corrected chi connectivity index (χ2v) is 10.2. The fraction of sp³-hybridized carbons (Fsp3) is 0.364. The molecule has 10 heteroatoms. The Hall–Kier alpha value is -2.46. The minimum atomic E-state index is -3.59. The lowest BCUT2D eigenvalue weighted by molar-refractivity contribution is -0.121. The van der Waals surface area contributed by atoms with Crippen LogP contribution in [0.2, 0.25) is 5.02 Å². The van der Waals surface area contributed by atoms with Crippen LogP contribution in [0, 0.1) is 0 Å². The van der Waals surface area contributed by atoms with E-state index in [0.29, 0.717) is 42.4 Å². The maximum atomic E-state index is 12.9. The molecule has 1 unspecified atom stereocenters. The topological polar surface area (TPSA) is 96.0 Å². The third-order valence-corrected chi connectivity index (χ3v) is 7.98. The highest BCUT2D eigenvalue weighted by molar-refractivity contribution is 7.89. The van der Waals surface area contributed by atoms with Gasteiger partial charge in [-0.05, 0) is 61.4 Å². The van der Waals surface area contributed by atoms with E-state index in [0.717, 1.165) is 0 Å². The third kappa shape index (κ3) is 4.52. The number of nitrogens with zero attached hydrogens (tertiary/aromatic N) is 2. The number of methoxy groups -OCH3 is 1. The Balaban J connectivity index is 1.36. The van der Waals surface area contributed by atoms with Gasteiger partial charge >= 0.3 is 0 Å². The lowest BCUT2D eigenvalue weighted by atomic mass is 10.1. The molecule has 170 valence electrons. The largest absolute Gasteiger partial charge is 0.497 e. The predicted octanol–water partition coefficient (Wildman–Crippen LogP) is 2.42. The fourth-order valence-electron chi connectivity index (χ4n) is 4.07. The number of hydrogen-bond donors (Lipinski definition) is 1. The van der Waals surface area contributed by atoms with Crippen molar-refractivity contribution in [1.82, 2.24) is 9.62 Å². The number of nitrogens with one attached hydrogen (secondary N) is 1. The van der Waals surface area contributed by atoms with Crippen LogP contribution in [0.15, 0.2) is 53.4 Å². The highest BCUT2D eigenvalue weighted by Crippen LogP contribution is 2.27. The monoisotopic (exact) mass is 477 g/mol. The lowest BCUT2D eigenvalue weighted by Crippen LogP contribution is -2.49. The van der Waals surface area contributed by atoms with Crippen LogP contribution < -0.4 is 15.0 Å². The first kappa shape index (κ1) is 22.7. The molecule has 32 heavy (non-hydrogen) atoms. The van der Waals surface area contributed by atoms with Crippen molar-refractivity contribution in [1.29, 1.82) is 0 Å².